The molecule has 0 saturated carbocycles. The molecule has 0 radical (unpaired) electrons. The van der Waals surface area contributed by atoms with Gasteiger partial charge in [0.25, 0.3) is 0 Å². The molecular formula is C24H31FN4O3. The zero-order valence-corrected chi connectivity index (χ0v) is 18.5. The van der Waals surface area contributed by atoms with Gasteiger partial charge in [0.05, 0.1) is 13.5 Å². The monoisotopic (exact) mass is 442 g/mol. The van der Waals surface area contributed by atoms with Crippen molar-refractivity contribution in [3.8, 4) is 5.88 Å². The molecule has 2 N–H and O–H groups in total. The lowest BCUT2D eigenvalue weighted by atomic mass is 9.86. The van der Waals surface area contributed by atoms with E-state index in [1.807, 2.05) is 4.90 Å². The van der Waals surface area contributed by atoms with Gasteiger partial charge in [-0.3, -0.25) is 9.69 Å². The van der Waals surface area contributed by atoms with Crippen molar-refractivity contribution < 1.29 is 19.0 Å². The van der Waals surface area contributed by atoms with E-state index in [4.69, 9.17) is 9.72 Å². The van der Waals surface area contributed by atoms with Crippen LogP contribution in [-0.4, -0.2) is 58.4 Å². The second kappa shape index (κ2) is 9.81. The Labute approximate surface area is 188 Å². The summed E-state index contributed by atoms with van der Waals surface area (Å²) in [6, 6.07) is 7.36. The highest BCUT2D eigenvalue weighted by Gasteiger charge is 2.46. The minimum atomic E-state index is -1.26. The van der Waals surface area contributed by atoms with Crippen LogP contribution in [0, 0.1) is 0 Å². The van der Waals surface area contributed by atoms with Crippen molar-refractivity contribution in [1.29, 1.82) is 0 Å². The molecule has 0 aromatic carbocycles. The van der Waals surface area contributed by atoms with Gasteiger partial charge in [0.2, 0.25) is 5.88 Å². The maximum Gasteiger partial charge on any atom is 0.305 e. The third-order valence-electron chi connectivity index (χ3n) is 6.39. The molecule has 2 aromatic heterocycles. The Balaban J connectivity index is 1.26. The van der Waals surface area contributed by atoms with Gasteiger partial charge in [-0.25, -0.2) is 14.4 Å². The van der Waals surface area contributed by atoms with Gasteiger partial charge < -0.3 is 15.2 Å². The first-order chi connectivity index (χ1) is 15.5. The molecule has 2 aromatic rings. The fourth-order valence-electron chi connectivity index (χ4n) is 4.65. The van der Waals surface area contributed by atoms with Gasteiger partial charge in [-0.1, -0.05) is 12.1 Å². The third kappa shape index (κ3) is 5.35. The molecule has 1 fully saturated rings. The molecular weight excluding hydrogens is 411 g/mol. The molecule has 1 atom stereocenters. The molecule has 2 aliphatic heterocycles. The van der Waals surface area contributed by atoms with Crippen molar-refractivity contribution in [1.82, 2.24) is 14.9 Å². The van der Waals surface area contributed by atoms with E-state index in [2.05, 4.69) is 22.4 Å². The summed E-state index contributed by atoms with van der Waals surface area (Å²) >= 11 is 0. The first kappa shape index (κ1) is 22.5. The largest absolute Gasteiger partial charge is 0.481 e. The maximum atomic E-state index is 15.2. The van der Waals surface area contributed by atoms with E-state index in [-0.39, 0.29) is 25.6 Å². The van der Waals surface area contributed by atoms with Crippen LogP contribution in [0.1, 0.15) is 55.0 Å². The summed E-state index contributed by atoms with van der Waals surface area (Å²) in [7, 11) is 1.53. The first-order valence-corrected chi connectivity index (χ1v) is 11.3. The number of aromatic nitrogens is 2. The number of rotatable bonds is 10. The molecule has 1 saturated heterocycles. The number of carboxylic acids is 1. The number of halogens is 1. The number of methoxy groups -OCH3 is 1. The Morgan fingerprint density at radius 1 is 1.31 bits per heavy atom. The van der Waals surface area contributed by atoms with E-state index in [1.54, 1.807) is 18.3 Å². The zero-order chi connectivity index (χ0) is 22.6. The van der Waals surface area contributed by atoms with E-state index in [0.717, 1.165) is 55.7 Å². The number of pyridine rings is 2. The molecule has 32 heavy (non-hydrogen) atoms. The van der Waals surface area contributed by atoms with Crippen molar-refractivity contribution in [2.24, 2.45) is 0 Å². The number of unbranched alkanes of at least 4 members (excludes halogenated alkanes) is 1. The molecule has 1 unspecified atom stereocenters. The molecule has 4 heterocycles. The summed E-state index contributed by atoms with van der Waals surface area (Å²) in [5.74, 6) is 0.563. The summed E-state index contributed by atoms with van der Waals surface area (Å²) in [4.78, 5) is 22.1. The van der Waals surface area contributed by atoms with Crippen LogP contribution in [0.2, 0.25) is 0 Å². The van der Waals surface area contributed by atoms with Crippen LogP contribution in [0.25, 0.3) is 0 Å². The highest BCUT2D eigenvalue weighted by atomic mass is 19.1. The number of nitrogens with zero attached hydrogens (tertiary/aromatic N) is 3. The normalized spacial score (nSPS) is 18.2. The van der Waals surface area contributed by atoms with Crippen molar-refractivity contribution in [2.75, 3.05) is 32.1 Å². The van der Waals surface area contributed by atoms with Gasteiger partial charge in [-0.2, -0.15) is 0 Å². The molecule has 8 heteroatoms. The first-order valence-electron chi connectivity index (χ1n) is 11.3. The number of aryl methyl sites for hydroxylation is 2. The smallest absolute Gasteiger partial charge is 0.305 e. The summed E-state index contributed by atoms with van der Waals surface area (Å²) < 4.78 is 20.3. The molecule has 0 amide bonds. The number of aliphatic carboxylic acids is 1. The Morgan fingerprint density at radius 2 is 2.16 bits per heavy atom. The number of ether oxygens (including phenoxy) is 1. The van der Waals surface area contributed by atoms with Crippen LogP contribution in [-0.2, 0) is 17.6 Å². The molecule has 0 aliphatic carbocycles. The Bertz CT molecular complexity index is 931. The average molecular weight is 443 g/mol. The van der Waals surface area contributed by atoms with Crippen LogP contribution in [0.5, 0.6) is 5.88 Å². The number of nitrogens with one attached hydrogen (secondary N) is 1. The van der Waals surface area contributed by atoms with Gasteiger partial charge in [0, 0.05) is 43.6 Å². The lowest BCUT2D eigenvalue weighted by Crippen LogP contribution is -2.60. The Kier molecular flexibility index (Phi) is 6.89. The number of anilines is 1. The van der Waals surface area contributed by atoms with Crippen LogP contribution in [0.15, 0.2) is 30.5 Å². The Morgan fingerprint density at radius 3 is 2.88 bits per heavy atom. The summed E-state index contributed by atoms with van der Waals surface area (Å²) in [6.07, 6.45) is 6.75. The lowest BCUT2D eigenvalue weighted by molar-refractivity contribution is -0.141. The van der Waals surface area contributed by atoms with Gasteiger partial charge >= 0.3 is 5.97 Å². The molecule has 0 bridgehead atoms. The zero-order valence-electron chi connectivity index (χ0n) is 18.5. The van der Waals surface area contributed by atoms with Gasteiger partial charge in [-0.15, -0.1) is 0 Å². The predicted molar refractivity (Wildman–Crippen MR) is 120 cm³/mol. The van der Waals surface area contributed by atoms with Crippen LogP contribution in [0.4, 0.5) is 10.2 Å². The number of hydrogen-bond donors (Lipinski definition) is 2. The standard InChI is InChI=1S/C24H31FN4O3/c1-32-21-10-8-18(14-27-21)20(13-22(30)31)29-15-24(25,16-29)11-3-2-6-19-9-7-17-5-4-12-26-23(17)28-19/h7-10,14,20H,2-6,11-13,15-16H2,1H3,(H,26,28)(H,30,31). The summed E-state index contributed by atoms with van der Waals surface area (Å²) in [5.41, 5.74) is 1.83. The Hall–Kier alpha value is -2.74. The van der Waals surface area contributed by atoms with Crippen LogP contribution < -0.4 is 10.1 Å². The van der Waals surface area contributed by atoms with E-state index in [0.29, 0.717) is 12.3 Å². The summed E-state index contributed by atoms with van der Waals surface area (Å²) in [6.45, 7) is 1.47. The highest BCUT2D eigenvalue weighted by Crippen LogP contribution is 2.38. The van der Waals surface area contributed by atoms with E-state index < -0.39 is 11.6 Å². The minimum absolute atomic E-state index is 0.0812. The topological polar surface area (TPSA) is 87.6 Å². The van der Waals surface area contributed by atoms with Gasteiger partial charge in [0.15, 0.2) is 0 Å². The van der Waals surface area contributed by atoms with E-state index in [1.165, 1.54) is 12.7 Å². The fourth-order valence-corrected chi connectivity index (χ4v) is 4.65. The van der Waals surface area contributed by atoms with Gasteiger partial charge in [0.1, 0.15) is 11.5 Å². The number of carboxylic acid groups (broad SMARTS) is 1. The second-order valence-electron chi connectivity index (χ2n) is 8.85. The quantitative estimate of drug-likeness (QED) is 0.541. The highest BCUT2D eigenvalue weighted by molar-refractivity contribution is 5.68. The van der Waals surface area contributed by atoms with E-state index in [9.17, 15) is 9.90 Å². The van der Waals surface area contributed by atoms with Crippen molar-refractivity contribution in [3.05, 3.63) is 47.3 Å². The SMILES string of the molecule is COc1ccc(C(CC(=O)O)N2CC(F)(CCCCc3ccc4c(n3)NCCC4)C2)cn1. The van der Waals surface area contributed by atoms with Crippen molar-refractivity contribution in [3.63, 3.8) is 0 Å². The van der Waals surface area contributed by atoms with E-state index >= 15 is 4.39 Å². The number of carbonyl (C=O) groups is 1. The number of alkyl halides is 1. The molecule has 2 aliphatic rings. The minimum Gasteiger partial charge on any atom is -0.481 e. The molecule has 7 nitrogen and oxygen atoms in total. The van der Waals surface area contributed by atoms with Crippen LogP contribution in [0.3, 0.4) is 0 Å². The van der Waals surface area contributed by atoms with Crippen molar-refractivity contribution in [2.45, 2.75) is 56.7 Å². The molecule has 0 spiro atoms. The average Bonchev–Trinajstić information content (AvgIpc) is 2.78. The summed E-state index contributed by atoms with van der Waals surface area (Å²) in [5, 5.41) is 12.7. The number of fused-ring (bicyclic) bond motifs is 1. The fraction of sp³-hybridized carbons (Fsp3) is 0.542. The predicted octanol–water partition coefficient (Wildman–Crippen LogP) is 3.80. The third-order valence-corrected chi connectivity index (χ3v) is 6.39. The second-order valence-corrected chi connectivity index (χ2v) is 8.85. The maximum absolute atomic E-state index is 15.2. The number of hydrogen-bond acceptors (Lipinski definition) is 6. The molecule has 172 valence electrons. The van der Waals surface area contributed by atoms with Crippen molar-refractivity contribution >= 4 is 11.8 Å². The molecule has 4 rings (SSSR count). The lowest BCUT2D eigenvalue weighted by Gasteiger charge is -2.48. The van der Waals surface area contributed by atoms with Gasteiger partial charge in [-0.05, 0) is 55.7 Å². The van der Waals surface area contributed by atoms with Crippen LogP contribution >= 0.6 is 0 Å². The number of likely N-dealkylation sites (tertiary alicyclic amines) is 1.